The summed E-state index contributed by atoms with van der Waals surface area (Å²) in [6.07, 6.45) is 0. The molecule has 1 amide bonds. The fourth-order valence-corrected chi connectivity index (χ4v) is 2.97. The minimum atomic E-state index is -1.44. The first-order chi connectivity index (χ1) is 10.1. The topological polar surface area (TPSA) is 61.4 Å². The molecule has 0 spiro atoms. The smallest absolute Gasteiger partial charge is 0.274 e. The number of rotatable bonds is 5. The van der Waals surface area contributed by atoms with Crippen LogP contribution in [-0.2, 0) is 16.0 Å². The number of carbonyl (C=O) groups is 1. The van der Waals surface area contributed by atoms with Crippen LogP contribution in [0.25, 0.3) is 0 Å². The minimum Gasteiger partial charge on any atom is -0.611 e. The molecule has 2 aromatic carbocycles. The molecular weight excluding hydrogens is 310 g/mol. The van der Waals surface area contributed by atoms with Crippen molar-refractivity contribution in [3.8, 4) is 5.75 Å². The van der Waals surface area contributed by atoms with Crippen molar-refractivity contribution in [3.05, 3.63) is 53.6 Å². The molecule has 0 radical (unpaired) electrons. The van der Waals surface area contributed by atoms with E-state index >= 15 is 0 Å². The molecule has 1 unspecified atom stereocenters. The second-order valence-electron chi connectivity index (χ2n) is 4.20. The van der Waals surface area contributed by atoms with E-state index in [-0.39, 0.29) is 11.7 Å². The number of hydrogen-bond acceptors (Lipinski definition) is 3. The van der Waals surface area contributed by atoms with Gasteiger partial charge < -0.3 is 14.6 Å². The molecule has 110 valence electrons. The van der Waals surface area contributed by atoms with E-state index < -0.39 is 11.2 Å². The number of amides is 1. The number of hydrogen-bond donors (Lipinski definition) is 1. The number of nitrogens with one attached hydrogen (secondary N) is 1. The van der Waals surface area contributed by atoms with Crippen LogP contribution in [0.2, 0.25) is 5.02 Å². The highest BCUT2D eigenvalue weighted by Crippen LogP contribution is 2.23. The molecule has 2 aromatic rings. The second kappa shape index (κ2) is 7.36. The number of halogens is 1. The van der Waals surface area contributed by atoms with Gasteiger partial charge in [-0.15, -0.1) is 0 Å². The van der Waals surface area contributed by atoms with Crippen molar-refractivity contribution in [1.82, 2.24) is 0 Å². The first-order valence-corrected chi connectivity index (χ1v) is 7.86. The van der Waals surface area contributed by atoms with Crippen molar-refractivity contribution in [2.75, 3.05) is 18.2 Å². The average molecular weight is 324 g/mol. The Bertz CT molecular complexity index is 636. The third-order valence-electron chi connectivity index (χ3n) is 2.70. The maximum absolute atomic E-state index is 12.1. The Morgan fingerprint density at radius 3 is 2.76 bits per heavy atom. The lowest BCUT2D eigenvalue weighted by Crippen LogP contribution is -2.23. The van der Waals surface area contributed by atoms with Gasteiger partial charge in [-0.3, -0.25) is 4.79 Å². The molecule has 21 heavy (non-hydrogen) atoms. The van der Waals surface area contributed by atoms with E-state index in [1.807, 2.05) is 0 Å². The molecule has 4 nitrogen and oxygen atoms in total. The molecule has 6 heteroatoms. The molecule has 0 saturated heterocycles. The van der Waals surface area contributed by atoms with Crippen molar-refractivity contribution < 1.29 is 14.1 Å². The Labute approximate surface area is 131 Å². The van der Waals surface area contributed by atoms with E-state index in [1.54, 1.807) is 48.5 Å². The van der Waals surface area contributed by atoms with Gasteiger partial charge in [0.25, 0.3) is 5.91 Å². The van der Waals surface area contributed by atoms with E-state index in [0.29, 0.717) is 21.4 Å². The summed E-state index contributed by atoms with van der Waals surface area (Å²) in [6, 6.07) is 13.7. The zero-order valence-electron chi connectivity index (χ0n) is 11.3. The molecule has 2 rings (SSSR count). The number of methoxy groups -OCH3 is 1. The average Bonchev–Trinajstić information content (AvgIpc) is 2.47. The lowest BCUT2D eigenvalue weighted by molar-refractivity contribution is -0.113. The van der Waals surface area contributed by atoms with Gasteiger partial charge in [0.15, 0.2) is 10.6 Å². The first-order valence-electron chi connectivity index (χ1n) is 6.17. The molecule has 0 fully saturated rings. The van der Waals surface area contributed by atoms with Crippen molar-refractivity contribution in [2.45, 2.75) is 4.90 Å². The standard InChI is InChI=1S/C15H14ClNO3S/c1-20-14-8-3-2-7-13(14)17-15(18)10-21(19)12-6-4-5-11(16)9-12/h2-9H,10H2,1H3,(H,17,18). The number of para-hydroxylation sites is 2. The lowest BCUT2D eigenvalue weighted by atomic mass is 10.3. The van der Waals surface area contributed by atoms with Gasteiger partial charge in [0.05, 0.1) is 12.8 Å². The number of anilines is 1. The Kier molecular flexibility index (Phi) is 5.50. The third-order valence-corrected chi connectivity index (χ3v) is 4.24. The van der Waals surface area contributed by atoms with Gasteiger partial charge in [0.1, 0.15) is 5.75 Å². The SMILES string of the molecule is COc1ccccc1NC(=O)C[S+]([O-])c1cccc(Cl)c1. The fraction of sp³-hybridized carbons (Fsp3) is 0.133. The minimum absolute atomic E-state index is 0.140. The third kappa shape index (κ3) is 4.39. The lowest BCUT2D eigenvalue weighted by Gasteiger charge is -2.12. The molecule has 0 saturated carbocycles. The van der Waals surface area contributed by atoms with E-state index in [4.69, 9.17) is 16.3 Å². The quantitative estimate of drug-likeness (QED) is 0.860. The number of ether oxygens (including phenoxy) is 1. The summed E-state index contributed by atoms with van der Waals surface area (Å²) in [5.74, 6) is 0.0653. The predicted octanol–water partition coefficient (Wildman–Crippen LogP) is 3.09. The summed E-state index contributed by atoms with van der Waals surface area (Å²) in [5.41, 5.74) is 0.549. The fourth-order valence-electron chi connectivity index (χ4n) is 1.75. The highest BCUT2D eigenvalue weighted by Gasteiger charge is 2.17. The van der Waals surface area contributed by atoms with Crippen LogP contribution in [0.4, 0.5) is 5.69 Å². The summed E-state index contributed by atoms with van der Waals surface area (Å²) in [5, 5.41) is 3.18. The van der Waals surface area contributed by atoms with Gasteiger partial charge in [-0.2, -0.15) is 0 Å². The van der Waals surface area contributed by atoms with Crippen LogP contribution >= 0.6 is 11.6 Å². The van der Waals surface area contributed by atoms with Crippen LogP contribution in [0.3, 0.4) is 0 Å². The van der Waals surface area contributed by atoms with E-state index in [0.717, 1.165) is 0 Å². The van der Waals surface area contributed by atoms with E-state index in [2.05, 4.69) is 5.32 Å². The summed E-state index contributed by atoms with van der Waals surface area (Å²) in [7, 11) is 1.52. The van der Waals surface area contributed by atoms with Gasteiger partial charge in [0, 0.05) is 11.1 Å². The van der Waals surface area contributed by atoms with Crippen LogP contribution in [0.15, 0.2) is 53.4 Å². The van der Waals surface area contributed by atoms with Crippen LogP contribution in [0.5, 0.6) is 5.75 Å². The summed E-state index contributed by atoms with van der Waals surface area (Å²) in [6.45, 7) is 0. The maximum Gasteiger partial charge on any atom is 0.274 e. The van der Waals surface area contributed by atoms with Crippen molar-refractivity contribution in [2.24, 2.45) is 0 Å². The summed E-state index contributed by atoms with van der Waals surface area (Å²) >= 11 is 4.40. The zero-order chi connectivity index (χ0) is 15.2. The van der Waals surface area contributed by atoms with Crippen molar-refractivity contribution in [1.29, 1.82) is 0 Å². The predicted molar refractivity (Wildman–Crippen MR) is 84.4 cm³/mol. The van der Waals surface area contributed by atoms with Gasteiger partial charge >= 0.3 is 0 Å². The normalized spacial score (nSPS) is 11.8. The Balaban J connectivity index is 2.01. The summed E-state index contributed by atoms with van der Waals surface area (Å²) in [4.78, 5) is 12.5. The molecule has 0 aromatic heterocycles. The Morgan fingerprint density at radius 1 is 1.29 bits per heavy atom. The van der Waals surface area contributed by atoms with Crippen LogP contribution in [0.1, 0.15) is 0 Å². The van der Waals surface area contributed by atoms with Gasteiger partial charge in [-0.1, -0.05) is 29.8 Å². The number of benzene rings is 2. The molecule has 0 heterocycles. The first kappa shape index (κ1) is 15.7. The van der Waals surface area contributed by atoms with Gasteiger partial charge in [-0.05, 0) is 35.4 Å². The summed E-state index contributed by atoms with van der Waals surface area (Å²) < 4.78 is 17.3. The molecule has 0 aliphatic carbocycles. The van der Waals surface area contributed by atoms with Crippen LogP contribution in [0, 0.1) is 0 Å². The second-order valence-corrected chi connectivity index (χ2v) is 6.08. The van der Waals surface area contributed by atoms with Crippen LogP contribution in [-0.4, -0.2) is 23.3 Å². The highest BCUT2D eigenvalue weighted by atomic mass is 35.5. The molecule has 0 aliphatic rings. The zero-order valence-corrected chi connectivity index (χ0v) is 12.9. The maximum atomic E-state index is 12.1. The number of carbonyl (C=O) groups excluding carboxylic acids is 1. The van der Waals surface area contributed by atoms with Gasteiger partial charge in [-0.25, -0.2) is 0 Å². The van der Waals surface area contributed by atoms with Crippen molar-refractivity contribution in [3.63, 3.8) is 0 Å². The molecule has 1 N–H and O–H groups in total. The van der Waals surface area contributed by atoms with Crippen LogP contribution < -0.4 is 10.1 Å². The highest BCUT2D eigenvalue weighted by molar-refractivity contribution is 7.92. The molecule has 0 bridgehead atoms. The monoisotopic (exact) mass is 323 g/mol. The van der Waals surface area contributed by atoms with E-state index in [1.165, 1.54) is 7.11 Å². The van der Waals surface area contributed by atoms with E-state index in [9.17, 15) is 9.35 Å². The van der Waals surface area contributed by atoms with Gasteiger partial charge in [0.2, 0.25) is 0 Å². The van der Waals surface area contributed by atoms with Crippen molar-refractivity contribution >= 4 is 34.4 Å². The molecule has 0 aliphatic heterocycles. The molecular formula is C15H14ClNO3S. The largest absolute Gasteiger partial charge is 0.611 e. The Morgan fingerprint density at radius 2 is 2.05 bits per heavy atom. The molecule has 1 atom stereocenters. The Hall–Kier alpha value is -1.69.